The van der Waals surface area contributed by atoms with E-state index in [0.717, 1.165) is 30.8 Å². The second kappa shape index (κ2) is 9.03. The first kappa shape index (κ1) is 24.0. The molecule has 5 rings (SSSR count). The summed E-state index contributed by atoms with van der Waals surface area (Å²) >= 11 is 0. The predicted octanol–water partition coefficient (Wildman–Crippen LogP) is 2.68. The van der Waals surface area contributed by atoms with Gasteiger partial charge in [-0.15, -0.1) is 15.0 Å². The number of fused-ring (bicyclic) bond motifs is 3. The first-order valence-electron chi connectivity index (χ1n) is 12.3. The summed E-state index contributed by atoms with van der Waals surface area (Å²) in [6.45, 7) is 9.82. The van der Waals surface area contributed by atoms with Gasteiger partial charge in [0.1, 0.15) is 12.1 Å². The first-order valence-corrected chi connectivity index (χ1v) is 12.3. The van der Waals surface area contributed by atoms with E-state index < -0.39 is 5.60 Å². The third-order valence-electron chi connectivity index (χ3n) is 6.51. The average molecular weight is 495 g/mol. The van der Waals surface area contributed by atoms with E-state index in [4.69, 9.17) is 9.47 Å². The van der Waals surface area contributed by atoms with Crippen molar-refractivity contribution < 1.29 is 18.8 Å². The second-order valence-corrected chi connectivity index (χ2v) is 10.1. The maximum absolute atomic E-state index is 13.9. The first-order chi connectivity index (χ1) is 17.2. The molecule has 0 spiro atoms. The van der Waals surface area contributed by atoms with E-state index in [0.29, 0.717) is 54.5 Å². The molecule has 3 aromatic rings. The van der Waals surface area contributed by atoms with Crippen molar-refractivity contribution in [1.29, 1.82) is 0 Å². The molecule has 0 atom stereocenters. The Morgan fingerprint density at radius 3 is 2.75 bits per heavy atom. The van der Waals surface area contributed by atoms with Crippen LogP contribution in [0.25, 0.3) is 16.9 Å². The van der Waals surface area contributed by atoms with Gasteiger partial charge in [-0.05, 0) is 39.7 Å². The number of rotatable bonds is 4. The van der Waals surface area contributed by atoms with Gasteiger partial charge in [-0.2, -0.15) is 4.58 Å². The maximum atomic E-state index is 13.9. The van der Waals surface area contributed by atoms with Crippen molar-refractivity contribution in [3.05, 3.63) is 34.2 Å². The summed E-state index contributed by atoms with van der Waals surface area (Å²) in [6.07, 6.45) is 3.72. The Labute approximate surface area is 208 Å². The largest absolute Gasteiger partial charge is 0.481 e. The monoisotopic (exact) mass is 494 g/mol. The van der Waals surface area contributed by atoms with Crippen molar-refractivity contribution in [3.63, 3.8) is 0 Å². The van der Waals surface area contributed by atoms with Gasteiger partial charge < -0.3 is 14.0 Å². The molecule has 0 saturated heterocycles. The van der Waals surface area contributed by atoms with E-state index in [9.17, 15) is 9.59 Å². The highest BCUT2D eigenvalue weighted by molar-refractivity contribution is 5.87. The molecule has 2 aliphatic rings. The Kier molecular flexibility index (Phi) is 6.01. The van der Waals surface area contributed by atoms with E-state index in [1.807, 2.05) is 27.7 Å². The molecule has 0 fully saturated rings. The third-order valence-corrected chi connectivity index (χ3v) is 6.51. The topological polar surface area (TPSA) is 107 Å². The highest BCUT2D eigenvalue weighted by Gasteiger charge is 2.37. The Morgan fingerprint density at radius 2 is 2.03 bits per heavy atom. The van der Waals surface area contributed by atoms with Crippen molar-refractivity contribution in [1.82, 2.24) is 29.4 Å². The van der Waals surface area contributed by atoms with Crippen LogP contribution >= 0.6 is 0 Å². The molecule has 0 N–H and O–H groups in total. The van der Waals surface area contributed by atoms with Crippen molar-refractivity contribution in [2.45, 2.75) is 59.1 Å². The molecule has 0 aromatic carbocycles. The van der Waals surface area contributed by atoms with Gasteiger partial charge in [-0.1, -0.05) is 6.92 Å². The number of carbonyl (C=O) groups excluding carboxylic acids is 1. The summed E-state index contributed by atoms with van der Waals surface area (Å²) in [5.74, 6) is 0.444. The lowest BCUT2D eigenvalue weighted by atomic mass is 10.1. The summed E-state index contributed by atoms with van der Waals surface area (Å²) in [5, 5.41) is 9.27. The number of hydrogen-bond donors (Lipinski definition) is 0. The number of ether oxygens (including phenoxy) is 2. The molecule has 11 nitrogen and oxygen atoms in total. The van der Waals surface area contributed by atoms with Gasteiger partial charge in [-0.3, -0.25) is 9.69 Å². The molecule has 190 valence electrons. The minimum absolute atomic E-state index is 0.137. The fourth-order valence-electron chi connectivity index (χ4n) is 4.87. The molecule has 0 saturated carbocycles. The molecule has 1 amide bonds. The fourth-order valence-corrected chi connectivity index (χ4v) is 4.87. The van der Waals surface area contributed by atoms with Crippen LogP contribution in [0.1, 0.15) is 46.2 Å². The second-order valence-electron chi connectivity index (χ2n) is 10.1. The van der Waals surface area contributed by atoms with E-state index in [1.54, 1.807) is 30.3 Å². The zero-order valence-electron chi connectivity index (χ0n) is 21.4. The number of pyridine rings is 2. The van der Waals surface area contributed by atoms with Crippen LogP contribution in [0.4, 0.5) is 10.5 Å². The van der Waals surface area contributed by atoms with Crippen LogP contribution in [0.2, 0.25) is 0 Å². The Hall–Kier alpha value is -3.76. The number of hydrogen-bond acceptors (Lipinski definition) is 7. The number of carbonyl (C=O) groups is 1. The fraction of sp³-hybridized carbons (Fsp3) is 0.520. The molecule has 36 heavy (non-hydrogen) atoms. The molecule has 11 heteroatoms. The zero-order valence-corrected chi connectivity index (χ0v) is 21.4. The summed E-state index contributed by atoms with van der Waals surface area (Å²) in [6, 6.07) is 3.50. The SMILES string of the molecule is CCC1=[N+](c2c3n(c4nn(-c5ccnc(OC)c5)nc4c2=O)CCC3)CCN(C(=O)OC(C)(C)C)C1. The van der Waals surface area contributed by atoms with Gasteiger partial charge in [-0.25, -0.2) is 9.78 Å². The van der Waals surface area contributed by atoms with Gasteiger partial charge in [0, 0.05) is 25.2 Å². The summed E-state index contributed by atoms with van der Waals surface area (Å²) in [4.78, 5) is 33.9. The van der Waals surface area contributed by atoms with Gasteiger partial charge >= 0.3 is 6.09 Å². The van der Waals surface area contributed by atoms with Crippen LogP contribution in [0, 0.1) is 0 Å². The van der Waals surface area contributed by atoms with E-state index in [-0.39, 0.29) is 11.5 Å². The quantitative estimate of drug-likeness (QED) is 0.513. The summed E-state index contributed by atoms with van der Waals surface area (Å²) < 4.78 is 15.0. The summed E-state index contributed by atoms with van der Waals surface area (Å²) in [5.41, 5.74) is 3.51. The van der Waals surface area contributed by atoms with Gasteiger partial charge in [0.2, 0.25) is 5.88 Å². The smallest absolute Gasteiger partial charge is 0.411 e. The van der Waals surface area contributed by atoms with Gasteiger partial charge in [0.25, 0.3) is 11.1 Å². The van der Waals surface area contributed by atoms with E-state index >= 15 is 0 Å². The van der Waals surface area contributed by atoms with Crippen LogP contribution in [0.3, 0.4) is 0 Å². The number of aromatic nitrogens is 5. The van der Waals surface area contributed by atoms with Crippen LogP contribution in [0.5, 0.6) is 5.88 Å². The van der Waals surface area contributed by atoms with E-state index in [1.165, 1.54) is 4.80 Å². The van der Waals surface area contributed by atoms with Gasteiger partial charge in [0.05, 0.1) is 25.0 Å². The standard InChI is InChI=1S/C25H32N7O4/c1-6-16-15-29(24(34)36-25(2,3)4)12-13-30(16)21-18-8-7-11-31(18)23-20(22(21)33)27-32(28-23)17-9-10-26-19(14-17)35-5/h9-10,14H,6-8,11-13,15H2,1-5H3/q+1. The normalized spacial score (nSPS) is 16.0. The number of nitrogens with zero attached hydrogens (tertiary/aromatic N) is 7. The molecule has 0 bridgehead atoms. The average Bonchev–Trinajstić information content (AvgIpc) is 3.51. The number of methoxy groups -OCH3 is 1. The molecule has 3 aromatic heterocycles. The van der Waals surface area contributed by atoms with E-state index in [2.05, 4.69) is 24.3 Å². The highest BCUT2D eigenvalue weighted by Crippen LogP contribution is 2.28. The van der Waals surface area contributed by atoms with Crippen LogP contribution in [0.15, 0.2) is 23.1 Å². The summed E-state index contributed by atoms with van der Waals surface area (Å²) in [7, 11) is 1.55. The lowest BCUT2D eigenvalue weighted by Crippen LogP contribution is -2.48. The third kappa shape index (κ3) is 4.22. The molecular formula is C25H32N7O4+. The van der Waals surface area contributed by atoms with Crippen LogP contribution < -0.4 is 10.2 Å². The minimum Gasteiger partial charge on any atom is -0.481 e. The van der Waals surface area contributed by atoms with Crippen molar-refractivity contribution >= 4 is 28.7 Å². The number of amides is 1. The lowest BCUT2D eigenvalue weighted by molar-refractivity contribution is -0.450. The van der Waals surface area contributed by atoms with Crippen molar-refractivity contribution in [2.24, 2.45) is 0 Å². The van der Waals surface area contributed by atoms with Crippen LogP contribution in [-0.4, -0.2) is 78.2 Å². The molecule has 0 aliphatic carbocycles. The Morgan fingerprint density at radius 1 is 1.22 bits per heavy atom. The zero-order chi connectivity index (χ0) is 25.6. The molecule has 5 heterocycles. The molecule has 2 aliphatic heterocycles. The Balaban J connectivity index is 1.60. The Bertz CT molecular complexity index is 1430. The molecule has 0 radical (unpaired) electrons. The lowest BCUT2D eigenvalue weighted by Gasteiger charge is -2.29. The van der Waals surface area contributed by atoms with Crippen LogP contribution in [-0.2, 0) is 17.7 Å². The van der Waals surface area contributed by atoms with Gasteiger partial charge in [0.15, 0.2) is 23.4 Å². The van der Waals surface area contributed by atoms with Crippen molar-refractivity contribution in [2.75, 3.05) is 26.7 Å². The maximum Gasteiger partial charge on any atom is 0.411 e. The minimum atomic E-state index is -0.560. The predicted molar refractivity (Wildman–Crippen MR) is 134 cm³/mol. The molecule has 0 unspecified atom stereocenters. The molecular weight excluding hydrogens is 462 g/mol. The number of aryl methyl sites for hydroxylation is 1. The van der Waals surface area contributed by atoms with Crippen molar-refractivity contribution in [3.8, 4) is 11.6 Å². The highest BCUT2D eigenvalue weighted by atomic mass is 16.6.